The molecular formula is C30H40N4O6. The first kappa shape index (κ1) is 31.9. The third kappa shape index (κ3) is 9.76. The van der Waals surface area contributed by atoms with Crippen molar-refractivity contribution in [1.82, 2.24) is 10.2 Å². The molecule has 2 rings (SSSR count). The van der Waals surface area contributed by atoms with E-state index in [4.69, 9.17) is 15.2 Å². The molecule has 0 spiro atoms. The van der Waals surface area contributed by atoms with Gasteiger partial charge >= 0.3 is 6.09 Å². The van der Waals surface area contributed by atoms with E-state index in [1.807, 2.05) is 13.0 Å². The minimum absolute atomic E-state index is 0.0624. The Morgan fingerprint density at radius 1 is 1.10 bits per heavy atom. The topological polar surface area (TPSA) is 140 Å². The molecule has 0 bridgehead atoms. The Labute approximate surface area is 235 Å². The summed E-state index contributed by atoms with van der Waals surface area (Å²) in [5, 5.41) is 5.46. The van der Waals surface area contributed by atoms with E-state index in [1.54, 1.807) is 76.4 Å². The number of carbonyl (C=O) groups is 4. The fourth-order valence-electron chi connectivity index (χ4n) is 4.02. The Morgan fingerprint density at radius 2 is 1.77 bits per heavy atom. The van der Waals surface area contributed by atoms with Gasteiger partial charge in [0.25, 0.3) is 5.91 Å². The van der Waals surface area contributed by atoms with E-state index in [2.05, 4.69) is 17.2 Å². The van der Waals surface area contributed by atoms with E-state index in [0.717, 1.165) is 5.56 Å². The number of hydrogen-bond donors (Lipinski definition) is 3. The SMILES string of the molecule is C=Cc1cccc(C(C(=O)Nc2ccc(OC)cc2)N(CCC)C(=O)C(CCC(N)=O)NC(=O)OC(C)(C)C)c1. The van der Waals surface area contributed by atoms with Crippen LogP contribution in [0.1, 0.15) is 64.1 Å². The van der Waals surface area contributed by atoms with Crippen LogP contribution in [-0.4, -0.2) is 54.0 Å². The Bertz CT molecular complexity index is 1190. The molecule has 2 aromatic rings. The number of amides is 4. The van der Waals surface area contributed by atoms with Crippen molar-refractivity contribution in [2.45, 2.75) is 64.6 Å². The molecule has 10 nitrogen and oxygen atoms in total. The first-order valence-electron chi connectivity index (χ1n) is 13.1. The second-order valence-corrected chi connectivity index (χ2v) is 10.2. The predicted molar refractivity (Wildman–Crippen MR) is 154 cm³/mol. The van der Waals surface area contributed by atoms with Crippen molar-refractivity contribution in [2.75, 3.05) is 19.0 Å². The van der Waals surface area contributed by atoms with E-state index >= 15 is 0 Å². The van der Waals surface area contributed by atoms with Crippen LogP contribution in [0, 0.1) is 0 Å². The second-order valence-electron chi connectivity index (χ2n) is 10.2. The molecule has 40 heavy (non-hydrogen) atoms. The molecule has 0 aliphatic rings. The van der Waals surface area contributed by atoms with Gasteiger partial charge in [0.05, 0.1) is 7.11 Å². The van der Waals surface area contributed by atoms with E-state index in [9.17, 15) is 19.2 Å². The largest absolute Gasteiger partial charge is 0.497 e. The molecule has 0 aromatic heterocycles. The molecule has 0 saturated heterocycles. The fraction of sp³-hybridized carbons (Fsp3) is 0.400. The summed E-state index contributed by atoms with van der Waals surface area (Å²) in [6.07, 6.45) is 1.13. The van der Waals surface area contributed by atoms with Gasteiger partial charge in [0, 0.05) is 18.7 Å². The minimum atomic E-state index is -1.16. The molecule has 0 radical (unpaired) electrons. The molecule has 2 aromatic carbocycles. The van der Waals surface area contributed by atoms with Crippen LogP contribution in [0.25, 0.3) is 6.08 Å². The number of rotatable bonds is 13. The summed E-state index contributed by atoms with van der Waals surface area (Å²) in [5.41, 5.74) is 6.37. The number of ether oxygens (including phenoxy) is 2. The molecule has 4 N–H and O–H groups in total. The zero-order chi connectivity index (χ0) is 29.9. The van der Waals surface area contributed by atoms with E-state index < -0.39 is 41.5 Å². The van der Waals surface area contributed by atoms with Gasteiger partial charge < -0.3 is 30.7 Å². The number of nitrogens with two attached hydrogens (primary N) is 1. The van der Waals surface area contributed by atoms with Crippen molar-refractivity contribution in [3.8, 4) is 5.75 Å². The molecule has 0 aliphatic carbocycles. The molecule has 4 amide bonds. The van der Waals surface area contributed by atoms with Gasteiger partial charge in [-0.2, -0.15) is 0 Å². The van der Waals surface area contributed by atoms with Gasteiger partial charge in [-0.15, -0.1) is 0 Å². The highest BCUT2D eigenvalue weighted by molar-refractivity contribution is 5.99. The number of hydrogen-bond acceptors (Lipinski definition) is 6. The van der Waals surface area contributed by atoms with Gasteiger partial charge in [-0.25, -0.2) is 4.79 Å². The third-order valence-corrected chi connectivity index (χ3v) is 5.80. The summed E-state index contributed by atoms with van der Waals surface area (Å²) in [5.74, 6) is -1.01. The Hall–Kier alpha value is -4.34. The highest BCUT2D eigenvalue weighted by Crippen LogP contribution is 2.27. The first-order valence-corrected chi connectivity index (χ1v) is 13.1. The number of anilines is 1. The van der Waals surface area contributed by atoms with E-state index in [-0.39, 0.29) is 19.4 Å². The quantitative estimate of drug-likeness (QED) is 0.336. The van der Waals surface area contributed by atoms with Crippen molar-refractivity contribution in [3.05, 3.63) is 66.2 Å². The monoisotopic (exact) mass is 552 g/mol. The molecule has 0 saturated carbocycles. The lowest BCUT2D eigenvalue weighted by molar-refractivity contribution is -0.141. The second kappa shape index (κ2) is 14.7. The van der Waals surface area contributed by atoms with Crippen molar-refractivity contribution in [1.29, 1.82) is 0 Å². The van der Waals surface area contributed by atoms with Crippen LogP contribution in [0.5, 0.6) is 5.75 Å². The van der Waals surface area contributed by atoms with Gasteiger partial charge in [0.15, 0.2) is 0 Å². The van der Waals surface area contributed by atoms with E-state index in [1.165, 1.54) is 4.90 Å². The van der Waals surface area contributed by atoms with Crippen molar-refractivity contribution < 1.29 is 28.7 Å². The molecule has 2 unspecified atom stereocenters. The van der Waals surface area contributed by atoms with Crippen LogP contribution in [0.4, 0.5) is 10.5 Å². The number of primary amides is 1. The van der Waals surface area contributed by atoms with Crippen molar-refractivity contribution >= 4 is 35.6 Å². The fourth-order valence-corrected chi connectivity index (χ4v) is 4.02. The van der Waals surface area contributed by atoms with Gasteiger partial charge in [-0.05, 0) is 75.1 Å². The normalized spacial score (nSPS) is 12.4. The lowest BCUT2D eigenvalue weighted by Crippen LogP contribution is -2.52. The van der Waals surface area contributed by atoms with Crippen LogP contribution in [0.2, 0.25) is 0 Å². The van der Waals surface area contributed by atoms with Crippen LogP contribution in [-0.2, 0) is 19.1 Å². The third-order valence-electron chi connectivity index (χ3n) is 5.80. The predicted octanol–water partition coefficient (Wildman–Crippen LogP) is 4.42. The zero-order valence-electron chi connectivity index (χ0n) is 23.9. The van der Waals surface area contributed by atoms with Gasteiger partial charge in [0.2, 0.25) is 11.8 Å². The number of methoxy groups -OCH3 is 1. The Morgan fingerprint density at radius 3 is 2.33 bits per heavy atom. The summed E-state index contributed by atoms with van der Waals surface area (Å²) < 4.78 is 10.5. The number of nitrogens with zero attached hydrogens (tertiary/aromatic N) is 1. The summed E-state index contributed by atoms with van der Waals surface area (Å²) in [6.45, 7) is 11.0. The number of nitrogens with one attached hydrogen (secondary N) is 2. The average Bonchev–Trinajstić information content (AvgIpc) is 2.89. The summed E-state index contributed by atoms with van der Waals surface area (Å²) in [7, 11) is 1.55. The number of carbonyl (C=O) groups excluding carboxylic acids is 4. The van der Waals surface area contributed by atoms with Crippen molar-refractivity contribution in [2.24, 2.45) is 5.73 Å². The van der Waals surface area contributed by atoms with Gasteiger partial charge in [-0.1, -0.05) is 37.8 Å². The molecular weight excluding hydrogens is 512 g/mol. The first-order chi connectivity index (χ1) is 18.9. The Kier molecular flexibility index (Phi) is 11.7. The van der Waals surface area contributed by atoms with Crippen LogP contribution in [0.3, 0.4) is 0 Å². The summed E-state index contributed by atoms with van der Waals surface area (Å²) in [4.78, 5) is 53.5. The molecule has 2 atom stereocenters. The highest BCUT2D eigenvalue weighted by Gasteiger charge is 2.36. The van der Waals surface area contributed by atoms with Gasteiger partial charge in [-0.3, -0.25) is 14.4 Å². The maximum Gasteiger partial charge on any atom is 0.408 e. The molecule has 216 valence electrons. The highest BCUT2D eigenvalue weighted by atomic mass is 16.6. The molecule has 0 fully saturated rings. The average molecular weight is 553 g/mol. The maximum atomic E-state index is 14.0. The number of alkyl carbamates (subject to hydrolysis) is 1. The van der Waals surface area contributed by atoms with E-state index in [0.29, 0.717) is 23.4 Å². The van der Waals surface area contributed by atoms with Crippen LogP contribution >= 0.6 is 0 Å². The molecule has 10 heteroatoms. The molecule has 0 heterocycles. The van der Waals surface area contributed by atoms with Crippen LogP contribution < -0.4 is 21.1 Å². The van der Waals surface area contributed by atoms with Gasteiger partial charge in [0.1, 0.15) is 23.4 Å². The van der Waals surface area contributed by atoms with Crippen molar-refractivity contribution in [3.63, 3.8) is 0 Å². The lowest BCUT2D eigenvalue weighted by atomic mass is 9.99. The smallest absolute Gasteiger partial charge is 0.408 e. The molecule has 0 aliphatic heterocycles. The number of benzene rings is 2. The summed E-state index contributed by atoms with van der Waals surface area (Å²) >= 11 is 0. The maximum absolute atomic E-state index is 14.0. The minimum Gasteiger partial charge on any atom is -0.497 e. The zero-order valence-corrected chi connectivity index (χ0v) is 23.9. The van der Waals surface area contributed by atoms with Crippen LogP contribution in [0.15, 0.2) is 55.1 Å². The standard InChI is InChI=1S/C30H40N4O6/c1-7-18-34(28(37)24(16-17-25(31)35)33-29(38)40-30(3,4)5)26(21-11-9-10-20(8-2)19-21)27(36)32-22-12-14-23(39-6)15-13-22/h8-15,19,24,26H,2,7,16-18H2,1,3-6H3,(H2,31,35)(H,32,36)(H,33,38). The summed E-state index contributed by atoms with van der Waals surface area (Å²) in [6, 6.07) is 11.7. The lowest BCUT2D eigenvalue weighted by Gasteiger charge is -2.34. The Balaban J connectivity index is 2.52.